The second-order valence-corrected chi connectivity index (χ2v) is 5.74. The molecule has 0 radical (unpaired) electrons. The molecule has 2 nitrogen and oxygen atoms in total. The van der Waals surface area contributed by atoms with Crippen LogP contribution < -0.4 is 5.32 Å². The highest BCUT2D eigenvalue weighted by Gasteiger charge is 2.32. The minimum Gasteiger partial charge on any atom is -0.351 e. The van der Waals surface area contributed by atoms with Crippen molar-refractivity contribution in [1.29, 1.82) is 0 Å². The van der Waals surface area contributed by atoms with Crippen molar-refractivity contribution in [3.05, 3.63) is 29.8 Å². The zero-order valence-electron chi connectivity index (χ0n) is 10.9. The number of thiol groups is 1. The van der Waals surface area contributed by atoms with Crippen LogP contribution in [0.25, 0.3) is 0 Å². The lowest BCUT2D eigenvalue weighted by Gasteiger charge is -2.27. The fourth-order valence-electron chi connectivity index (χ4n) is 2.81. The first kappa shape index (κ1) is 13.5. The number of carbonyl (C=O) groups is 1. The van der Waals surface area contributed by atoms with Crippen LogP contribution >= 0.6 is 12.6 Å². The maximum Gasteiger partial charge on any atom is 0.252 e. The van der Waals surface area contributed by atoms with Crippen LogP contribution in [0.4, 0.5) is 0 Å². The van der Waals surface area contributed by atoms with Gasteiger partial charge < -0.3 is 5.32 Å². The molecular formula is C15H21NOS. The van der Waals surface area contributed by atoms with Crippen molar-refractivity contribution in [2.45, 2.75) is 43.9 Å². The Balaban J connectivity index is 1.98. The lowest BCUT2D eigenvalue weighted by atomic mass is 9.83. The van der Waals surface area contributed by atoms with Gasteiger partial charge in [0.1, 0.15) is 0 Å². The molecule has 98 valence electrons. The fourth-order valence-corrected chi connectivity index (χ4v) is 3.07. The van der Waals surface area contributed by atoms with Crippen LogP contribution in [0.1, 0.15) is 49.4 Å². The third-order valence-electron chi connectivity index (χ3n) is 4.19. The molecule has 0 unspecified atom stereocenters. The van der Waals surface area contributed by atoms with Crippen molar-refractivity contribution in [3.8, 4) is 0 Å². The van der Waals surface area contributed by atoms with E-state index in [-0.39, 0.29) is 5.91 Å². The Kier molecular flexibility index (Phi) is 4.33. The van der Waals surface area contributed by atoms with E-state index in [1.165, 1.54) is 25.7 Å². The lowest BCUT2D eigenvalue weighted by molar-refractivity contribution is 0.0926. The van der Waals surface area contributed by atoms with Crippen LogP contribution in [-0.4, -0.2) is 12.5 Å². The van der Waals surface area contributed by atoms with Crippen molar-refractivity contribution in [2.24, 2.45) is 5.41 Å². The Hall–Kier alpha value is -0.960. The summed E-state index contributed by atoms with van der Waals surface area (Å²) in [6, 6.07) is 7.44. The number of hydrogen-bond acceptors (Lipinski definition) is 2. The topological polar surface area (TPSA) is 29.1 Å². The van der Waals surface area contributed by atoms with Gasteiger partial charge in [-0.05, 0) is 36.8 Å². The summed E-state index contributed by atoms with van der Waals surface area (Å²) in [4.78, 5) is 12.9. The molecule has 2 rings (SSSR count). The molecule has 0 bridgehead atoms. The SMILES string of the molecule is CCC1(CNC(=O)c2ccccc2S)CCCC1. The molecule has 1 aliphatic rings. The molecule has 1 saturated carbocycles. The minimum absolute atomic E-state index is 0.000301. The summed E-state index contributed by atoms with van der Waals surface area (Å²) < 4.78 is 0. The van der Waals surface area contributed by atoms with Crippen LogP contribution in [-0.2, 0) is 0 Å². The van der Waals surface area contributed by atoms with Gasteiger partial charge in [-0.1, -0.05) is 31.9 Å². The molecule has 3 heteroatoms. The summed E-state index contributed by atoms with van der Waals surface area (Å²) >= 11 is 4.32. The van der Waals surface area contributed by atoms with Gasteiger partial charge in [-0.25, -0.2) is 0 Å². The number of carbonyl (C=O) groups excluding carboxylic acids is 1. The van der Waals surface area contributed by atoms with Gasteiger partial charge in [0.15, 0.2) is 0 Å². The molecule has 1 aliphatic carbocycles. The largest absolute Gasteiger partial charge is 0.351 e. The molecule has 0 spiro atoms. The van der Waals surface area contributed by atoms with Crippen LogP contribution in [0.15, 0.2) is 29.2 Å². The third-order valence-corrected chi connectivity index (χ3v) is 4.58. The molecule has 0 atom stereocenters. The Bertz CT molecular complexity index is 424. The zero-order chi connectivity index (χ0) is 13.0. The van der Waals surface area contributed by atoms with E-state index in [4.69, 9.17) is 0 Å². The monoisotopic (exact) mass is 263 g/mol. The van der Waals surface area contributed by atoms with Gasteiger partial charge in [0.25, 0.3) is 5.91 Å². The van der Waals surface area contributed by atoms with E-state index in [2.05, 4.69) is 24.9 Å². The Morgan fingerprint density at radius 1 is 1.33 bits per heavy atom. The van der Waals surface area contributed by atoms with Gasteiger partial charge in [-0.3, -0.25) is 4.79 Å². The van der Waals surface area contributed by atoms with Gasteiger partial charge in [0.2, 0.25) is 0 Å². The predicted molar refractivity (Wildman–Crippen MR) is 77.2 cm³/mol. The number of nitrogens with one attached hydrogen (secondary N) is 1. The lowest BCUT2D eigenvalue weighted by Crippen LogP contribution is -2.35. The standard InChI is InChI=1S/C15H21NOS/c1-2-15(9-5-6-10-15)11-16-14(17)12-7-3-4-8-13(12)18/h3-4,7-8,18H,2,5-6,9-11H2,1H3,(H,16,17). The second kappa shape index (κ2) is 5.79. The molecular weight excluding hydrogens is 242 g/mol. The van der Waals surface area contributed by atoms with E-state index >= 15 is 0 Å². The number of rotatable bonds is 4. The van der Waals surface area contributed by atoms with E-state index in [1.807, 2.05) is 24.3 Å². The highest BCUT2D eigenvalue weighted by Crippen LogP contribution is 2.40. The normalized spacial score (nSPS) is 17.7. The molecule has 0 aromatic heterocycles. The smallest absolute Gasteiger partial charge is 0.252 e. The van der Waals surface area contributed by atoms with Crippen molar-refractivity contribution in [2.75, 3.05) is 6.54 Å². The maximum absolute atomic E-state index is 12.1. The summed E-state index contributed by atoms with van der Waals surface area (Å²) in [5.41, 5.74) is 1.01. The number of amides is 1. The van der Waals surface area contributed by atoms with Gasteiger partial charge >= 0.3 is 0 Å². The van der Waals surface area contributed by atoms with Crippen LogP contribution in [0.2, 0.25) is 0 Å². The van der Waals surface area contributed by atoms with Crippen molar-refractivity contribution >= 4 is 18.5 Å². The zero-order valence-corrected chi connectivity index (χ0v) is 11.8. The van der Waals surface area contributed by atoms with Crippen molar-refractivity contribution in [3.63, 3.8) is 0 Å². The van der Waals surface area contributed by atoms with E-state index in [0.717, 1.165) is 17.9 Å². The first-order valence-electron chi connectivity index (χ1n) is 6.73. The molecule has 0 heterocycles. The number of benzene rings is 1. The molecule has 18 heavy (non-hydrogen) atoms. The summed E-state index contributed by atoms with van der Waals surface area (Å²) in [6.45, 7) is 3.02. The van der Waals surface area contributed by atoms with Gasteiger partial charge in [-0.2, -0.15) is 0 Å². The van der Waals surface area contributed by atoms with E-state index in [9.17, 15) is 4.79 Å². The Labute approximate surface area is 115 Å². The summed E-state index contributed by atoms with van der Waals surface area (Å²) in [5.74, 6) is 0.000301. The average molecular weight is 263 g/mol. The Morgan fingerprint density at radius 2 is 2.00 bits per heavy atom. The molecule has 1 fully saturated rings. The maximum atomic E-state index is 12.1. The molecule has 0 aliphatic heterocycles. The summed E-state index contributed by atoms with van der Waals surface area (Å²) in [7, 11) is 0. The number of hydrogen-bond donors (Lipinski definition) is 2. The first-order chi connectivity index (χ1) is 8.67. The average Bonchev–Trinajstić information content (AvgIpc) is 2.86. The second-order valence-electron chi connectivity index (χ2n) is 5.26. The summed E-state index contributed by atoms with van der Waals surface area (Å²) in [5, 5.41) is 3.09. The van der Waals surface area contributed by atoms with Gasteiger partial charge in [0.05, 0.1) is 5.56 Å². The molecule has 0 saturated heterocycles. The predicted octanol–water partition coefficient (Wildman–Crippen LogP) is 3.68. The molecule has 1 N–H and O–H groups in total. The van der Waals surface area contributed by atoms with E-state index < -0.39 is 0 Å². The van der Waals surface area contributed by atoms with Crippen LogP contribution in [0.5, 0.6) is 0 Å². The van der Waals surface area contributed by atoms with Crippen molar-refractivity contribution < 1.29 is 4.79 Å². The van der Waals surface area contributed by atoms with Crippen LogP contribution in [0, 0.1) is 5.41 Å². The quantitative estimate of drug-likeness (QED) is 0.797. The van der Waals surface area contributed by atoms with Gasteiger partial charge in [-0.15, -0.1) is 12.6 Å². The molecule has 1 aromatic rings. The van der Waals surface area contributed by atoms with Crippen molar-refractivity contribution in [1.82, 2.24) is 5.32 Å². The Morgan fingerprint density at radius 3 is 2.61 bits per heavy atom. The highest BCUT2D eigenvalue weighted by molar-refractivity contribution is 7.80. The van der Waals surface area contributed by atoms with Gasteiger partial charge in [0, 0.05) is 11.4 Å². The molecule has 1 aromatic carbocycles. The highest BCUT2D eigenvalue weighted by atomic mass is 32.1. The van der Waals surface area contributed by atoms with E-state index in [0.29, 0.717) is 11.0 Å². The summed E-state index contributed by atoms with van der Waals surface area (Å²) in [6.07, 6.45) is 6.23. The van der Waals surface area contributed by atoms with Crippen LogP contribution in [0.3, 0.4) is 0 Å². The first-order valence-corrected chi connectivity index (χ1v) is 7.18. The minimum atomic E-state index is 0.000301. The molecule has 1 amide bonds. The fraction of sp³-hybridized carbons (Fsp3) is 0.533. The third kappa shape index (κ3) is 2.89. The van der Waals surface area contributed by atoms with E-state index in [1.54, 1.807) is 0 Å².